The molecule has 4 aliphatic rings. The molecule has 8 heterocycles. The SMILES string of the molecule is Cc1ncc(C)n2nc(CCc3nc(N4CCCC4)n(C4CC4)n3)nc12.Cc1ncc(C)n2nc(CCc3nc(N4CCCC4)nn3C3CC3)nc12. The minimum Gasteiger partial charge on any atom is -0.341 e. The first-order chi connectivity index (χ1) is 25.4. The highest BCUT2D eigenvalue weighted by atomic mass is 15.5. The second-order valence-corrected chi connectivity index (χ2v) is 14.9. The number of hydrogen-bond acceptors (Lipinski definition) is 12. The number of nitrogens with zero attached hydrogens (tertiary/aromatic N) is 16. The van der Waals surface area contributed by atoms with Gasteiger partial charge in [0.2, 0.25) is 11.9 Å². The molecule has 272 valence electrons. The molecule has 10 rings (SSSR count). The molecule has 2 saturated heterocycles. The van der Waals surface area contributed by atoms with Crippen LogP contribution in [0.2, 0.25) is 0 Å². The van der Waals surface area contributed by atoms with Crippen LogP contribution in [0.4, 0.5) is 11.9 Å². The van der Waals surface area contributed by atoms with Crippen molar-refractivity contribution in [2.45, 2.75) is 117 Å². The number of anilines is 2. The van der Waals surface area contributed by atoms with Gasteiger partial charge in [0.1, 0.15) is 5.82 Å². The Kier molecular flexibility index (Phi) is 8.54. The van der Waals surface area contributed by atoms with Crippen molar-refractivity contribution in [2.75, 3.05) is 36.0 Å². The van der Waals surface area contributed by atoms with Crippen LogP contribution in [-0.4, -0.2) is 94.9 Å². The lowest BCUT2D eigenvalue weighted by atomic mass is 10.3. The molecule has 0 spiro atoms. The molecule has 0 radical (unpaired) electrons. The molecule has 16 nitrogen and oxygen atoms in total. The molecule has 0 unspecified atom stereocenters. The molecule has 0 bridgehead atoms. The zero-order chi connectivity index (χ0) is 35.3. The Morgan fingerprint density at radius 2 is 1.04 bits per heavy atom. The van der Waals surface area contributed by atoms with Crippen LogP contribution in [0.1, 0.15) is 110 Å². The molecule has 0 amide bonds. The molecule has 4 fully saturated rings. The number of aromatic nitrogens is 14. The Morgan fingerprint density at radius 3 is 1.58 bits per heavy atom. The first kappa shape index (κ1) is 32.9. The summed E-state index contributed by atoms with van der Waals surface area (Å²) in [6.45, 7) is 12.3. The van der Waals surface area contributed by atoms with E-state index in [1.807, 2.05) is 49.1 Å². The van der Waals surface area contributed by atoms with E-state index in [0.717, 1.165) is 121 Å². The van der Waals surface area contributed by atoms with Crippen LogP contribution in [-0.2, 0) is 25.7 Å². The van der Waals surface area contributed by atoms with Gasteiger partial charge in [0, 0.05) is 64.3 Å². The fraction of sp³-hybridized carbons (Fsp3) is 0.611. The molecule has 0 aromatic carbocycles. The molecule has 2 saturated carbocycles. The van der Waals surface area contributed by atoms with Crippen molar-refractivity contribution >= 4 is 23.2 Å². The van der Waals surface area contributed by atoms with Crippen molar-refractivity contribution in [1.82, 2.24) is 68.7 Å². The molecule has 0 atom stereocenters. The van der Waals surface area contributed by atoms with E-state index < -0.39 is 0 Å². The van der Waals surface area contributed by atoms with Gasteiger partial charge in [0.15, 0.2) is 28.8 Å². The highest BCUT2D eigenvalue weighted by Crippen LogP contribution is 2.38. The van der Waals surface area contributed by atoms with Crippen LogP contribution in [0, 0.1) is 27.7 Å². The lowest BCUT2D eigenvalue weighted by molar-refractivity contribution is 0.592. The third kappa shape index (κ3) is 6.58. The van der Waals surface area contributed by atoms with Gasteiger partial charge >= 0.3 is 0 Å². The third-order valence-electron chi connectivity index (χ3n) is 10.6. The Labute approximate surface area is 302 Å². The minimum absolute atomic E-state index is 0.538. The van der Waals surface area contributed by atoms with Crippen LogP contribution in [0.5, 0.6) is 0 Å². The Hall–Kier alpha value is -5.02. The Morgan fingerprint density at radius 1 is 0.538 bits per heavy atom. The summed E-state index contributed by atoms with van der Waals surface area (Å²) in [6, 6.07) is 1.09. The predicted molar refractivity (Wildman–Crippen MR) is 195 cm³/mol. The number of hydrogen-bond donors (Lipinski definition) is 0. The van der Waals surface area contributed by atoms with Crippen LogP contribution in [0.3, 0.4) is 0 Å². The summed E-state index contributed by atoms with van der Waals surface area (Å²) in [5.74, 6) is 5.62. The van der Waals surface area contributed by atoms with E-state index in [1.54, 1.807) is 0 Å². The average molecular weight is 705 g/mol. The summed E-state index contributed by atoms with van der Waals surface area (Å²) in [4.78, 5) is 32.5. The standard InChI is InChI=1S/2C18H24N8/c1-12-11-19-13(2)17-20-15(22-25(12)17)7-8-16-21-18(24-9-3-4-10-24)23-26(16)14-5-6-14;1-12-11-19-13(2)17-20-15(22-25(12)17)7-8-16-21-18(24-9-3-4-10-24)26(23-16)14-5-6-14/h2*11,14H,3-10H2,1-2H3. The third-order valence-corrected chi connectivity index (χ3v) is 10.6. The topological polar surface area (TPSA) is 154 Å². The van der Waals surface area contributed by atoms with Gasteiger partial charge in [-0.15, -0.1) is 5.10 Å². The first-order valence-electron chi connectivity index (χ1n) is 19.1. The maximum Gasteiger partial charge on any atom is 0.244 e. The zero-order valence-corrected chi connectivity index (χ0v) is 30.8. The predicted octanol–water partition coefficient (Wildman–Crippen LogP) is 4.11. The smallest absolute Gasteiger partial charge is 0.244 e. The van der Waals surface area contributed by atoms with Gasteiger partial charge in [0.25, 0.3) is 0 Å². The van der Waals surface area contributed by atoms with Crippen molar-refractivity contribution < 1.29 is 0 Å². The molecule has 16 heteroatoms. The summed E-state index contributed by atoms with van der Waals surface area (Å²) in [5.41, 5.74) is 5.50. The lowest BCUT2D eigenvalue weighted by Gasteiger charge is -2.16. The van der Waals surface area contributed by atoms with Crippen LogP contribution in [0.25, 0.3) is 11.3 Å². The highest BCUT2D eigenvalue weighted by Gasteiger charge is 2.32. The number of rotatable bonds is 10. The normalized spacial score (nSPS) is 17.5. The minimum atomic E-state index is 0.538. The van der Waals surface area contributed by atoms with Gasteiger partial charge < -0.3 is 9.80 Å². The van der Waals surface area contributed by atoms with Gasteiger partial charge in [0.05, 0.1) is 34.9 Å². The van der Waals surface area contributed by atoms with Crippen molar-refractivity contribution in [3.63, 3.8) is 0 Å². The fourth-order valence-corrected chi connectivity index (χ4v) is 7.27. The molecule has 6 aromatic heterocycles. The summed E-state index contributed by atoms with van der Waals surface area (Å²) in [5, 5.41) is 18.9. The molecule has 2 aliphatic heterocycles. The van der Waals surface area contributed by atoms with Gasteiger partial charge in [-0.05, 0) is 79.1 Å². The van der Waals surface area contributed by atoms with E-state index >= 15 is 0 Å². The molecule has 6 aromatic rings. The number of fused-ring (bicyclic) bond motifs is 2. The summed E-state index contributed by atoms with van der Waals surface area (Å²) in [6.07, 6.45) is 16.6. The van der Waals surface area contributed by atoms with E-state index in [1.165, 1.54) is 51.4 Å². The molecular formula is C36H48N16. The lowest BCUT2D eigenvalue weighted by Crippen LogP contribution is -2.22. The van der Waals surface area contributed by atoms with Gasteiger partial charge in [-0.3, -0.25) is 9.97 Å². The molecule has 2 aliphatic carbocycles. The summed E-state index contributed by atoms with van der Waals surface area (Å²) >= 11 is 0. The van der Waals surface area contributed by atoms with Gasteiger partial charge in [-0.1, -0.05) is 0 Å². The van der Waals surface area contributed by atoms with E-state index in [0.29, 0.717) is 12.1 Å². The first-order valence-corrected chi connectivity index (χ1v) is 19.1. The molecule has 52 heavy (non-hydrogen) atoms. The second kappa shape index (κ2) is 13.5. The van der Waals surface area contributed by atoms with Crippen molar-refractivity contribution in [1.29, 1.82) is 0 Å². The van der Waals surface area contributed by atoms with Crippen molar-refractivity contribution in [3.8, 4) is 0 Å². The summed E-state index contributed by atoms with van der Waals surface area (Å²) in [7, 11) is 0. The van der Waals surface area contributed by atoms with E-state index in [2.05, 4.69) is 49.3 Å². The van der Waals surface area contributed by atoms with Crippen LogP contribution < -0.4 is 9.80 Å². The molecule has 0 N–H and O–H groups in total. The zero-order valence-electron chi connectivity index (χ0n) is 30.8. The maximum atomic E-state index is 4.86. The summed E-state index contributed by atoms with van der Waals surface area (Å²) < 4.78 is 8.08. The van der Waals surface area contributed by atoms with Gasteiger partial charge in [-0.25, -0.2) is 28.4 Å². The highest BCUT2D eigenvalue weighted by molar-refractivity contribution is 5.44. The monoisotopic (exact) mass is 704 g/mol. The van der Waals surface area contributed by atoms with Crippen molar-refractivity contribution in [3.05, 3.63) is 58.5 Å². The van der Waals surface area contributed by atoms with E-state index in [-0.39, 0.29) is 0 Å². The van der Waals surface area contributed by atoms with E-state index in [4.69, 9.17) is 20.2 Å². The second-order valence-electron chi connectivity index (χ2n) is 14.9. The quantitative estimate of drug-likeness (QED) is 0.202. The fourth-order valence-electron chi connectivity index (χ4n) is 7.27. The Balaban J connectivity index is 0.000000138. The van der Waals surface area contributed by atoms with Gasteiger partial charge in [-0.2, -0.15) is 25.3 Å². The van der Waals surface area contributed by atoms with Crippen LogP contribution in [0.15, 0.2) is 12.4 Å². The molecular weight excluding hydrogens is 657 g/mol. The largest absolute Gasteiger partial charge is 0.341 e. The van der Waals surface area contributed by atoms with Crippen molar-refractivity contribution in [2.24, 2.45) is 0 Å². The maximum absolute atomic E-state index is 4.86. The van der Waals surface area contributed by atoms with E-state index in [9.17, 15) is 0 Å². The average Bonchev–Trinajstić information content (AvgIpc) is 3.68. The Bertz CT molecular complexity index is 2130. The van der Waals surface area contributed by atoms with Crippen LogP contribution >= 0.6 is 0 Å². The number of aryl methyl sites for hydroxylation is 8.